The Kier molecular flexibility index (Phi) is 5.50. The average molecular weight is 405 g/mol. The van der Waals surface area contributed by atoms with Gasteiger partial charge in [0, 0.05) is 5.92 Å². The summed E-state index contributed by atoms with van der Waals surface area (Å²) in [7, 11) is -7.97. The molecule has 0 amide bonds. The Morgan fingerprint density at radius 1 is 1.00 bits per heavy atom. The second-order valence-corrected chi connectivity index (χ2v) is 9.33. The van der Waals surface area contributed by atoms with Gasteiger partial charge in [0.25, 0.3) is 10.0 Å². The maximum absolute atomic E-state index is 12.4. The van der Waals surface area contributed by atoms with Crippen molar-refractivity contribution >= 4 is 31.8 Å². The van der Waals surface area contributed by atoms with Gasteiger partial charge in [-0.05, 0) is 42.2 Å². The van der Waals surface area contributed by atoms with Gasteiger partial charge in [0.15, 0.2) is 0 Å². The van der Waals surface area contributed by atoms with E-state index in [2.05, 4.69) is 16.9 Å². The van der Waals surface area contributed by atoms with Crippen LogP contribution in [0.2, 0.25) is 0 Å². The van der Waals surface area contributed by atoms with Crippen molar-refractivity contribution in [1.29, 1.82) is 0 Å². The number of sulfonamides is 2. The summed E-state index contributed by atoms with van der Waals surface area (Å²) >= 11 is 0. The number of nitrogens with two attached hydrogens (primary N) is 1. The van der Waals surface area contributed by atoms with Crippen LogP contribution in [0.1, 0.15) is 29.9 Å². The van der Waals surface area contributed by atoms with Crippen molar-refractivity contribution in [2.75, 3.05) is 4.72 Å². The van der Waals surface area contributed by atoms with E-state index in [9.17, 15) is 16.8 Å². The zero-order valence-corrected chi connectivity index (χ0v) is 16.1. The van der Waals surface area contributed by atoms with E-state index in [1.54, 1.807) is 0 Å². The molecule has 3 N–H and O–H groups in total. The van der Waals surface area contributed by atoms with Crippen molar-refractivity contribution in [3.8, 4) is 0 Å². The average Bonchev–Trinajstić information content (AvgIpc) is 3.14. The van der Waals surface area contributed by atoms with Crippen LogP contribution in [0.5, 0.6) is 0 Å². The molecule has 27 heavy (non-hydrogen) atoms. The van der Waals surface area contributed by atoms with Crippen molar-refractivity contribution in [2.24, 2.45) is 5.14 Å². The first kappa shape index (κ1) is 19.3. The van der Waals surface area contributed by atoms with Crippen LogP contribution >= 0.6 is 0 Å². The molecule has 8 heteroatoms. The second-order valence-electron chi connectivity index (χ2n) is 6.23. The normalized spacial score (nSPS) is 17.4. The largest absolute Gasteiger partial charge is 0.279 e. The molecule has 3 rings (SSSR count). The van der Waals surface area contributed by atoms with Crippen LogP contribution in [-0.4, -0.2) is 16.8 Å². The second kappa shape index (κ2) is 7.67. The summed E-state index contributed by atoms with van der Waals surface area (Å²) in [6.45, 7) is 0. The zero-order valence-electron chi connectivity index (χ0n) is 14.4. The number of rotatable bonds is 6. The van der Waals surface area contributed by atoms with Crippen molar-refractivity contribution in [3.63, 3.8) is 0 Å². The topological polar surface area (TPSA) is 106 Å². The lowest BCUT2D eigenvalue weighted by Crippen LogP contribution is -2.17. The number of benzene rings is 2. The van der Waals surface area contributed by atoms with Gasteiger partial charge in [-0.15, -0.1) is 0 Å². The molecule has 1 aliphatic rings. The predicted molar refractivity (Wildman–Crippen MR) is 107 cm³/mol. The Labute approximate surface area is 159 Å². The molecule has 1 unspecified atom stereocenters. The molecule has 1 aliphatic carbocycles. The maximum Gasteiger partial charge on any atom is 0.255 e. The molecule has 142 valence electrons. The molecule has 0 saturated heterocycles. The minimum atomic E-state index is -4.05. The first-order valence-electron chi connectivity index (χ1n) is 8.34. The molecule has 0 radical (unpaired) electrons. The lowest BCUT2D eigenvalue weighted by molar-refractivity contribution is 0.598. The fourth-order valence-corrected chi connectivity index (χ4v) is 4.68. The van der Waals surface area contributed by atoms with E-state index in [1.165, 1.54) is 30.3 Å². The summed E-state index contributed by atoms with van der Waals surface area (Å²) < 4.78 is 50.4. The molecule has 0 aliphatic heterocycles. The minimum absolute atomic E-state index is 0.0864. The Hall–Kier alpha value is -2.42. The van der Waals surface area contributed by atoms with E-state index in [0.717, 1.165) is 29.4 Å². The van der Waals surface area contributed by atoms with E-state index in [0.29, 0.717) is 0 Å². The molecule has 0 fully saturated rings. The fraction of sp³-hybridized carbons (Fsp3) is 0.158. The van der Waals surface area contributed by atoms with Crippen molar-refractivity contribution in [2.45, 2.75) is 23.7 Å². The molecule has 6 nitrogen and oxygen atoms in total. The number of allylic oxidation sites excluding steroid dienone is 2. The molecule has 1 atom stereocenters. The van der Waals surface area contributed by atoms with Gasteiger partial charge in [0.2, 0.25) is 10.0 Å². The van der Waals surface area contributed by atoms with Gasteiger partial charge in [-0.25, -0.2) is 22.0 Å². The smallest absolute Gasteiger partial charge is 0.255 e. The Morgan fingerprint density at radius 2 is 1.70 bits per heavy atom. The minimum Gasteiger partial charge on any atom is -0.279 e. The molecule has 0 aromatic heterocycles. The number of anilines is 1. The number of hydrogen-bond acceptors (Lipinski definition) is 4. The summed E-state index contributed by atoms with van der Waals surface area (Å²) in [6, 6.07) is 13.2. The highest BCUT2D eigenvalue weighted by molar-refractivity contribution is 7.95. The monoisotopic (exact) mass is 404 g/mol. The summed E-state index contributed by atoms with van der Waals surface area (Å²) in [5.41, 5.74) is 1.78. The van der Waals surface area contributed by atoms with Crippen LogP contribution in [0, 0.1) is 0 Å². The third kappa shape index (κ3) is 4.85. The van der Waals surface area contributed by atoms with Crippen LogP contribution in [0.3, 0.4) is 0 Å². The summed E-state index contributed by atoms with van der Waals surface area (Å²) in [4.78, 5) is -0.279. The fourth-order valence-electron chi connectivity index (χ4n) is 3.04. The molecular formula is C19H20N2O4S2. The van der Waals surface area contributed by atoms with Gasteiger partial charge in [0.05, 0.1) is 11.1 Å². The van der Waals surface area contributed by atoms with Crippen molar-refractivity contribution < 1.29 is 16.8 Å². The van der Waals surface area contributed by atoms with Crippen molar-refractivity contribution in [1.82, 2.24) is 0 Å². The maximum atomic E-state index is 12.4. The van der Waals surface area contributed by atoms with Gasteiger partial charge >= 0.3 is 0 Å². The first-order valence-corrected chi connectivity index (χ1v) is 11.4. The molecular weight excluding hydrogens is 384 g/mol. The molecule has 2 aromatic carbocycles. The van der Waals surface area contributed by atoms with E-state index in [-0.39, 0.29) is 16.5 Å². The van der Waals surface area contributed by atoms with Crippen LogP contribution in [0.4, 0.5) is 5.69 Å². The van der Waals surface area contributed by atoms with Gasteiger partial charge in [-0.2, -0.15) is 0 Å². The molecule has 0 spiro atoms. The SMILES string of the molecule is NS(=O)(=O)c1ccccc1NS(=O)(=O)C=Cc1ccccc1C1C=CCC1. The number of primary sulfonamides is 1. The third-order valence-corrected chi connectivity index (χ3v) is 6.25. The Bertz CT molecular complexity index is 1100. The summed E-state index contributed by atoms with van der Waals surface area (Å²) in [5.74, 6) is 0.268. The van der Waals surface area contributed by atoms with Gasteiger partial charge in [-0.3, -0.25) is 4.72 Å². The quantitative estimate of drug-likeness (QED) is 0.721. The molecule has 0 heterocycles. The summed E-state index contributed by atoms with van der Waals surface area (Å²) in [5, 5.41) is 6.18. The van der Waals surface area contributed by atoms with Crippen LogP contribution in [0.25, 0.3) is 6.08 Å². The van der Waals surface area contributed by atoms with E-state index in [4.69, 9.17) is 5.14 Å². The summed E-state index contributed by atoms with van der Waals surface area (Å²) in [6.07, 6.45) is 7.77. The Balaban J connectivity index is 1.88. The lowest BCUT2D eigenvalue weighted by atomic mass is 9.94. The molecule has 0 saturated carbocycles. The van der Waals surface area contributed by atoms with E-state index in [1.807, 2.05) is 24.3 Å². The van der Waals surface area contributed by atoms with Gasteiger partial charge < -0.3 is 0 Å². The molecule has 0 bridgehead atoms. The Morgan fingerprint density at radius 3 is 2.41 bits per heavy atom. The highest BCUT2D eigenvalue weighted by Gasteiger charge is 2.17. The van der Waals surface area contributed by atoms with E-state index < -0.39 is 20.0 Å². The third-order valence-electron chi connectivity index (χ3n) is 4.28. The zero-order chi connectivity index (χ0) is 19.5. The lowest BCUT2D eigenvalue weighted by Gasteiger charge is -2.12. The van der Waals surface area contributed by atoms with E-state index >= 15 is 0 Å². The predicted octanol–water partition coefficient (Wildman–Crippen LogP) is 3.18. The highest BCUT2D eigenvalue weighted by atomic mass is 32.2. The van der Waals surface area contributed by atoms with Gasteiger partial charge in [-0.1, -0.05) is 48.6 Å². The number of nitrogens with one attached hydrogen (secondary N) is 1. The van der Waals surface area contributed by atoms with Crippen LogP contribution in [-0.2, 0) is 20.0 Å². The highest BCUT2D eigenvalue weighted by Crippen LogP contribution is 2.31. The first-order chi connectivity index (χ1) is 12.8. The number of para-hydroxylation sites is 1. The standard InChI is InChI=1S/C19H20N2O4S2/c20-27(24,25)19-12-6-5-11-18(19)21-26(22,23)14-13-16-9-3-4-10-17(16)15-7-1-2-8-15/h1,3-7,9-15,21H,2,8H2,(H2,20,24,25). The van der Waals surface area contributed by atoms with Crippen LogP contribution < -0.4 is 9.86 Å². The number of hydrogen-bond donors (Lipinski definition) is 2. The molecule has 2 aromatic rings. The van der Waals surface area contributed by atoms with Crippen molar-refractivity contribution in [3.05, 3.63) is 77.2 Å². The van der Waals surface area contributed by atoms with Gasteiger partial charge in [0.1, 0.15) is 4.90 Å². The van der Waals surface area contributed by atoms with Crippen LogP contribution in [0.15, 0.2) is 71.0 Å².